The normalized spacial score (nSPS) is 13.6. The Bertz CT molecular complexity index is 900. The lowest BCUT2D eigenvalue weighted by atomic mass is 9.98. The molecule has 6 nitrogen and oxygen atoms in total. The predicted octanol–water partition coefficient (Wildman–Crippen LogP) is 3.60. The van der Waals surface area contributed by atoms with Crippen molar-refractivity contribution >= 4 is 19.2 Å². The molecule has 158 valence electrons. The Morgan fingerprint density at radius 1 is 1.31 bits per heavy atom. The summed E-state index contributed by atoms with van der Waals surface area (Å²) in [7, 11) is -4.52. The van der Waals surface area contributed by atoms with E-state index in [4.69, 9.17) is 20.3 Å². The van der Waals surface area contributed by atoms with E-state index in [2.05, 4.69) is 16.4 Å². The van der Waals surface area contributed by atoms with Crippen molar-refractivity contribution in [2.75, 3.05) is 13.2 Å². The van der Waals surface area contributed by atoms with Gasteiger partial charge >= 0.3 is 7.82 Å². The number of nitrogens with two attached hydrogens (primary N) is 1. The van der Waals surface area contributed by atoms with Crippen molar-refractivity contribution in [1.29, 1.82) is 0 Å². The lowest BCUT2D eigenvalue weighted by Gasteiger charge is -2.24. The summed E-state index contributed by atoms with van der Waals surface area (Å²) >= 11 is 1.55. The van der Waals surface area contributed by atoms with Crippen molar-refractivity contribution in [3.63, 3.8) is 0 Å². The molecule has 29 heavy (non-hydrogen) atoms. The highest BCUT2D eigenvalue weighted by molar-refractivity contribution is 7.46. The lowest BCUT2D eigenvalue weighted by molar-refractivity contribution is 0.126. The molecule has 0 spiro atoms. The SMILES string of the molecule is CC(N)(CCc1ccc(C#CCCOCc2cccc(F)c2)s1)COP(=O)(O)O. The van der Waals surface area contributed by atoms with E-state index in [0.717, 1.165) is 15.3 Å². The Balaban J connectivity index is 1.70. The van der Waals surface area contributed by atoms with Crippen LogP contribution in [0.2, 0.25) is 0 Å². The number of benzene rings is 1. The summed E-state index contributed by atoms with van der Waals surface area (Å²) in [4.78, 5) is 19.6. The van der Waals surface area contributed by atoms with Gasteiger partial charge in [-0.3, -0.25) is 4.52 Å². The number of phosphoric acid groups is 1. The van der Waals surface area contributed by atoms with Gasteiger partial charge in [0.2, 0.25) is 0 Å². The summed E-state index contributed by atoms with van der Waals surface area (Å²) in [6.45, 7) is 2.30. The fraction of sp³-hybridized carbons (Fsp3) is 0.400. The van der Waals surface area contributed by atoms with Crippen LogP contribution in [0.25, 0.3) is 0 Å². The molecule has 0 aliphatic heterocycles. The first kappa shape index (κ1) is 23.7. The molecule has 9 heteroatoms. The van der Waals surface area contributed by atoms with Crippen LogP contribution in [0, 0.1) is 17.7 Å². The van der Waals surface area contributed by atoms with Crippen LogP contribution in [-0.4, -0.2) is 28.5 Å². The van der Waals surface area contributed by atoms with Crippen LogP contribution in [0.5, 0.6) is 0 Å². The van der Waals surface area contributed by atoms with Crippen molar-refractivity contribution in [2.45, 2.75) is 38.3 Å². The van der Waals surface area contributed by atoms with Gasteiger partial charge in [0.25, 0.3) is 0 Å². The molecule has 0 amide bonds. The van der Waals surface area contributed by atoms with Gasteiger partial charge in [-0.1, -0.05) is 24.0 Å². The van der Waals surface area contributed by atoms with E-state index in [0.29, 0.717) is 32.5 Å². The van der Waals surface area contributed by atoms with E-state index < -0.39 is 13.4 Å². The summed E-state index contributed by atoms with van der Waals surface area (Å²) in [5.41, 5.74) is 5.98. The summed E-state index contributed by atoms with van der Waals surface area (Å²) in [5, 5.41) is 0. The molecule has 0 aliphatic carbocycles. The third kappa shape index (κ3) is 10.2. The van der Waals surface area contributed by atoms with E-state index >= 15 is 0 Å². The third-order valence-corrected chi connectivity index (χ3v) is 5.43. The maximum Gasteiger partial charge on any atom is 0.469 e. The second-order valence-corrected chi connectivity index (χ2v) is 9.33. The first-order valence-corrected chi connectivity index (χ1v) is 11.4. The van der Waals surface area contributed by atoms with Crippen LogP contribution in [0.4, 0.5) is 4.39 Å². The molecule has 4 N–H and O–H groups in total. The van der Waals surface area contributed by atoms with Crippen LogP contribution >= 0.6 is 19.2 Å². The molecule has 2 rings (SSSR count). The fourth-order valence-corrected chi connectivity index (χ4v) is 3.73. The maximum atomic E-state index is 13.1. The largest absolute Gasteiger partial charge is 0.469 e. The van der Waals surface area contributed by atoms with Crippen LogP contribution in [0.15, 0.2) is 36.4 Å². The zero-order chi connectivity index (χ0) is 21.3. The Labute approximate surface area is 174 Å². The summed E-state index contributed by atoms with van der Waals surface area (Å²) in [5.74, 6) is 5.86. The molecule has 1 atom stereocenters. The van der Waals surface area contributed by atoms with Crippen molar-refractivity contribution in [2.24, 2.45) is 5.73 Å². The first-order valence-electron chi connectivity index (χ1n) is 9.02. The molecule has 0 fully saturated rings. The highest BCUT2D eigenvalue weighted by atomic mass is 32.1. The molecular weight excluding hydrogens is 416 g/mol. The molecule has 1 aromatic heterocycles. The minimum atomic E-state index is -4.52. The zero-order valence-electron chi connectivity index (χ0n) is 16.1. The van der Waals surface area contributed by atoms with Crippen LogP contribution in [0.3, 0.4) is 0 Å². The summed E-state index contributed by atoms with van der Waals surface area (Å²) < 4.78 is 33.9. The third-order valence-electron chi connectivity index (χ3n) is 3.91. The van der Waals surface area contributed by atoms with Gasteiger partial charge < -0.3 is 20.3 Å². The Morgan fingerprint density at radius 3 is 2.83 bits per heavy atom. The minimum absolute atomic E-state index is 0.217. The molecule has 0 bridgehead atoms. The average Bonchev–Trinajstić information content (AvgIpc) is 3.09. The monoisotopic (exact) mass is 441 g/mol. The van der Waals surface area contributed by atoms with Crippen molar-refractivity contribution in [1.82, 2.24) is 0 Å². The maximum absolute atomic E-state index is 13.1. The first-order chi connectivity index (χ1) is 13.6. The number of hydrogen-bond acceptors (Lipinski definition) is 5. The van der Waals surface area contributed by atoms with E-state index in [-0.39, 0.29) is 12.4 Å². The standard InChI is InChI=1S/C20H25FNO5PS/c1-20(22,15-27-28(23,24)25)11-10-19-9-8-18(29-19)7-2-3-12-26-14-16-5-4-6-17(21)13-16/h4-6,8-9,13H,3,10-12,14-15,22H2,1H3,(H2,23,24,25). The minimum Gasteiger partial charge on any atom is -0.376 e. The van der Waals surface area contributed by atoms with E-state index in [1.165, 1.54) is 12.1 Å². The molecule has 1 aromatic carbocycles. The van der Waals surface area contributed by atoms with E-state index in [1.807, 2.05) is 18.2 Å². The smallest absolute Gasteiger partial charge is 0.376 e. The van der Waals surface area contributed by atoms with Crippen LogP contribution in [0.1, 0.15) is 35.1 Å². The Kier molecular flexibility index (Phi) is 9.00. The van der Waals surface area contributed by atoms with E-state index in [1.54, 1.807) is 24.3 Å². The van der Waals surface area contributed by atoms with Gasteiger partial charge in [-0.2, -0.15) is 0 Å². The topological polar surface area (TPSA) is 102 Å². The predicted molar refractivity (Wildman–Crippen MR) is 111 cm³/mol. The number of aryl methyl sites for hydroxylation is 1. The number of phosphoric ester groups is 1. The molecule has 0 aliphatic rings. The Hall–Kier alpha value is -1.56. The Morgan fingerprint density at radius 2 is 2.10 bits per heavy atom. The fourth-order valence-electron chi connectivity index (χ4n) is 2.38. The molecule has 1 unspecified atom stereocenters. The van der Waals surface area contributed by atoms with Gasteiger partial charge in [0.15, 0.2) is 0 Å². The van der Waals surface area contributed by atoms with Crippen molar-refractivity contribution in [3.8, 4) is 11.8 Å². The van der Waals surface area contributed by atoms with E-state index in [9.17, 15) is 8.96 Å². The van der Waals surface area contributed by atoms with Gasteiger partial charge in [0.05, 0.1) is 24.7 Å². The molecule has 1 heterocycles. The second kappa shape index (κ2) is 11.0. The number of ether oxygens (including phenoxy) is 1. The van der Waals surface area contributed by atoms with Crippen LogP contribution < -0.4 is 5.73 Å². The van der Waals surface area contributed by atoms with Gasteiger partial charge in [-0.05, 0) is 49.6 Å². The second-order valence-electron chi connectivity index (χ2n) is 6.92. The lowest BCUT2D eigenvalue weighted by Crippen LogP contribution is -2.41. The molecule has 2 aromatic rings. The number of thiophene rings is 1. The van der Waals surface area contributed by atoms with Crippen LogP contribution in [-0.2, 0) is 26.9 Å². The molecule has 0 radical (unpaired) electrons. The highest BCUT2D eigenvalue weighted by Gasteiger charge is 2.24. The van der Waals surface area contributed by atoms with Gasteiger partial charge in [0.1, 0.15) is 5.82 Å². The van der Waals surface area contributed by atoms with Crippen molar-refractivity contribution in [3.05, 3.63) is 57.5 Å². The molecule has 0 saturated heterocycles. The van der Waals surface area contributed by atoms with Crippen molar-refractivity contribution < 1.29 is 28.0 Å². The average molecular weight is 441 g/mol. The molecule has 0 saturated carbocycles. The highest BCUT2D eigenvalue weighted by Crippen LogP contribution is 2.37. The number of hydrogen-bond donors (Lipinski definition) is 3. The number of halogens is 1. The quantitative estimate of drug-likeness (QED) is 0.296. The van der Waals surface area contributed by atoms with Gasteiger partial charge in [0, 0.05) is 16.8 Å². The molecular formula is C20H25FNO5PS. The summed E-state index contributed by atoms with van der Waals surface area (Å²) in [6.07, 6.45) is 1.76. The number of rotatable bonds is 10. The van der Waals surface area contributed by atoms with Gasteiger partial charge in [-0.15, -0.1) is 11.3 Å². The van der Waals surface area contributed by atoms with Gasteiger partial charge in [-0.25, -0.2) is 8.96 Å². The summed E-state index contributed by atoms with van der Waals surface area (Å²) in [6, 6.07) is 10.2. The zero-order valence-corrected chi connectivity index (χ0v) is 17.8.